The van der Waals surface area contributed by atoms with E-state index in [9.17, 15) is 4.79 Å². The molecular formula is C22H25BrN2O7. The van der Waals surface area contributed by atoms with Gasteiger partial charge in [-0.2, -0.15) is 0 Å². The molecule has 1 aliphatic rings. The number of aliphatic carboxylic acids is 2. The maximum absolute atomic E-state index is 12.8. The van der Waals surface area contributed by atoms with E-state index in [1.165, 1.54) is 0 Å². The zero-order valence-electron chi connectivity index (χ0n) is 17.7. The minimum Gasteiger partial charge on any atom is -0.497 e. The largest absolute Gasteiger partial charge is 0.497 e. The number of carboxylic acids is 2. The molecule has 1 heterocycles. The van der Waals surface area contributed by atoms with Crippen molar-refractivity contribution in [1.29, 1.82) is 0 Å². The summed E-state index contributed by atoms with van der Waals surface area (Å²) in [7, 11) is 3.17. The lowest BCUT2D eigenvalue weighted by Crippen LogP contribution is -2.42. The van der Waals surface area contributed by atoms with Gasteiger partial charge < -0.3 is 29.9 Å². The summed E-state index contributed by atoms with van der Waals surface area (Å²) in [5, 5.41) is 18.3. The van der Waals surface area contributed by atoms with Crippen LogP contribution >= 0.6 is 15.9 Å². The second kappa shape index (κ2) is 11.9. The third-order valence-electron chi connectivity index (χ3n) is 4.76. The topological polar surface area (TPSA) is 125 Å². The summed E-state index contributed by atoms with van der Waals surface area (Å²) < 4.78 is 11.6. The van der Waals surface area contributed by atoms with Crippen LogP contribution in [-0.4, -0.2) is 66.3 Å². The molecule has 1 aliphatic heterocycles. The smallest absolute Gasteiger partial charge is 0.414 e. The van der Waals surface area contributed by atoms with Gasteiger partial charge >= 0.3 is 11.9 Å². The summed E-state index contributed by atoms with van der Waals surface area (Å²) >= 11 is 3.49. The molecule has 0 bridgehead atoms. The number of rotatable bonds is 5. The highest BCUT2D eigenvalue weighted by Gasteiger charge is 2.24. The van der Waals surface area contributed by atoms with Crippen molar-refractivity contribution in [2.75, 3.05) is 32.6 Å². The monoisotopic (exact) mass is 508 g/mol. The van der Waals surface area contributed by atoms with Crippen molar-refractivity contribution in [3.05, 3.63) is 52.5 Å². The lowest BCUT2D eigenvalue weighted by atomic mass is 10.0. The Morgan fingerprint density at radius 1 is 0.969 bits per heavy atom. The molecule has 0 atom stereocenters. The summed E-state index contributed by atoms with van der Waals surface area (Å²) in [5.41, 5.74) is 1.70. The minimum absolute atomic E-state index is 0.0168. The van der Waals surface area contributed by atoms with Gasteiger partial charge in [-0.3, -0.25) is 4.79 Å². The van der Waals surface area contributed by atoms with Crippen LogP contribution in [0.4, 0.5) is 5.69 Å². The van der Waals surface area contributed by atoms with Crippen LogP contribution in [0.25, 0.3) is 0 Å². The van der Waals surface area contributed by atoms with Gasteiger partial charge in [-0.15, -0.1) is 0 Å². The van der Waals surface area contributed by atoms with E-state index in [0.29, 0.717) is 23.1 Å². The first-order valence-corrected chi connectivity index (χ1v) is 10.5. The number of nitrogens with one attached hydrogen (secondary N) is 1. The van der Waals surface area contributed by atoms with Gasteiger partial charge in [-0.1, -0.05) is 22.0 Å². The lowest BCUT2D eigenvalue weighted by molar-refractivity contribution is -0.159. The molecule has 1 amide bonds. The molecule has 2 aromatic rings. The summed E-state index contributed by atoms with van der Waals surface area (Å²) in [5.74, 6) is -2.38. The number of piperidine rings is 1. The van der Waals surface area contributed by atoms with Gasteiger partial charge in [0.1, 0.15) is 11.5 Å². The Balaban J connectivity index is 0.000000534. The van der Waals surface area contributed by atoms with Crippen molar-refractivity contribution >= 4 is 39.5 Å². The third-order valence-corrected chi connectivity index (χ3v) is 5.25. The summed E-state index contributed by atoms with van der Waals surface area (Å²) in [6.45, 7) is 1.45. The molecule has 3 N–H and O–H groups in total. The van der Waals surface area contributed by atoms with Gasteiger partial charge in [-0.05, 0) is 43.2 Å². The first-order chi connectivity index (χ1) is 15.2. The molecule has 3 rings (SSSR count). The molecule has 9 nitrogen and oxygen atoms in total. The second-order valence-corrected chi connectivity index (χ2v) is 7.85. The van der Waals surface area contributed by atoms with Crippen LogP contribution in [0.1, 0.15) is 23.2 Å². The highest BCUT2D eigenvalue weighted by atomic mass is 79.9. The number of benzene rings is 2. The number of hydrogen-bond acceptors (Lipinski definition) is 6. The molecule has 32 heavy (non-hydrogen) atoms. The molecule has 0 aliphatic carbocycles. The fourth-order valence-electron chi connectivity index (χ4n) is 3.15. The summed E-state index contributed by atoms with van der Waals surface area (Å²) in [6, 6.07) is 13.8. The lowest BCUT2D eigenvalue weighted by Gasteiger charge is -2.33. The highest BCUT2D eigenvalue weighted by Crippen LogP contribution is 2.25. The number of amides is 1. The van der Waals surface area contributed by atoms with Gasteiger partial charge in [0, 0.05) is 40.9 Å². The van der Waals surface area contributed by atoms with E-state index in [0.717, 1.165) is 36.1 Å². The molecule has 10 heteroatoms. The maximum Gasteiger partial charge on any atom is 0.414 e. The van der Waals surface area contributed by atoms with E-state index in [1.807, 2.05) is 17.0 Å². The van der Waals surface area contributed by atoms with Crippen molar-refractivity contribution in [2.24, 2.45) is 0 Å². The molecule has 172 valence electrons. The van der Waals surface area contributed by atoms with Crippen molar-refractivity contribution in [1.82, 2.24) is 4.90 Å². The van der Waals surface area contributed by atoms with Gasteiger partial charge in [0.15, 0.2) is 0 Å². The van der Waals surface area contributed by atoms with Crippen LogP contribution in [0.15, 0.2) is 46.9 Å². The predicted octanol–water partition coefficient (Wildman–Crippen LogP) is 3.34. The van der Waals surface area contributed by atoms with Crippen molar-refractivity contribution < 1.29 is 34.1 Å². The zero-order chi connectivity index (χ0) is 23.7. The van der Waals surface area contributed by atoms with Gasteiger partial charge in [-0.25, -0.2) is 9.59 Å². The Morgan fingerprint density at radius 2 is 1.53 bits per heavy atom. The fourth-order valence-corrected chi connectivity index (χ4v) is 3.55. The molecule has 1 saturated heterocycles. The normalized spacial score (nSPS) is 13.4. The summed E-state index contributed by atoms with van der Waals surface area (Å²) in [6.07, 6.45) is 1.83. The van der Waals surface area contributed by atoms with Crippen LogP contribution in [-0.2, 0) is 9.59 Å². The van der Waals surface area contributed by atoms with Crippen LogP contribution in [0.3, 0.4) is 0 Å². The highest BCUT2D eigenvalue weighted by molar-refractivity contribution is 9.10. The minimum atomic E-state index is -1.82. The first-order valence-electron chi connectivity index (χ1n) is 9.74. The van der Waals surface area contributed by atoms with E-state index >= 15 is 0 Å². The second-order valence-electron chi connectivity index (χ2n) is 6.93. The number of carbonyl (C=O) groups is 3. The van der Waals surface area contributed by atoms with Crippen molar-refractivity contribution in [3.8, 4) is 11.5 Å². The number of likely N-dealkylation sites (tertiary alicyclic amines) is 1. The SMILES string of the molecule is COc1cc(OC)cc(C(=O)N2CCC(Nc3cccc(Br)c3)CC2)c1.O=C(O)C(=O)O. The van der Waals surface area contributed by atoms with Crippen LogP contribution in [0, 0.1) is 0 Å². The molecule has 0 spiro atoms. The van der Waals surface area contributed by atoms with Crippen molar-refractivity contribution in [3.63, 3.8) is 0 Å². The van der Waals surface area contributed by atoms with E-state index in [2.05, 4.69) is 33.4 Å². The number of halogens is 1. The summed E-state index contributed by atoms with van der Waals surface area (Å²) in [4.78, 5) is 32.9. The quantitative estimate of drug-likeness (QED) is 0.525. The Kier molecular flexibility index (Phi) is 9.33. The fraction of sp³-hybridized carbons (Fsp3) is 0.318. The number of methoxy groups -OCH3 is 2. The average Bonchev–Trinajstić information content (AvgIpc) is 2.79. The molecule has 1 fully saturated rings. The number of carboxylic acid groups (broad SMARTS) is 2. The Bertz CT molecular complexity index is 925. The number of anilines is 1. The van der Waals surface area contributed by atoms with E-state index < -0.39 is 11.9 Å². The molecule has 0 radical (unpaired) electrons. The Labute approximate surface area is 194 Å². The molecule has 0 aromatic heterocycles. The first kappa shape index (κ1) is 25.0. The maximum atomic E-state index is 12.8. The Morgan fingerprint density at radius 3 is 2.00 bits per heavy atom. The number of nitrogens with zero attached hydrogens (tertiary/aromatic N) is 1. The van der Waals surface area contributed by atoms with Crippen LogP contribution in [0.5, 0.6) is 11.5 Å². The van der Waals surface area contributed by atoms with Crippen LogP contribution < -0.4 is 14.8 Å². The molecule has 0 saturated carbocycles. The van der Waals surface area contributed by atoms with E-state index in [-0.39, 0.29) is 5.91 Å². The molecule has 0 unspecified atom stereocenters. The van der Waals surface area contributed by atoms with E-state index in [4.69, 9.17) is 29.3 Å². The van der Waals surface area contributed by atoms with Crippen LogP contribution in [0.2, 0.25) is 0 Å². The zero-order valence-corrected chi connectivity index (χ0v) is 19.3. The predicted molar refractivity (Wildman–Crippen MR) is 122 cm³/mol. The van der Waals surface area contributed by atoms with Gasteiger partial charge in [0.05, 0.1) is 14.2 Å². The molecule has 2 aromatic carbocycles. The standard InChI is InChI=1S/C20H23BrN2O3.C2H2O4/c1-25-18-10-14(11-19(13-18)26-2)20(24)23-8-6-16(7-9-23)22-17-5-3-4-15(21)12-17;3-1(4)2(5)6/h3-5,10-13,16,22H,6-9H2,1-2H3;(H,3,4)(H,5,6). The van der Waals surface area contributed by atoms with Gasteiger partial charge in [0.25, 0.3) is 5.91 Å². The average molecular weight is 509 g/mol. The van der Waals surface area contributed by atoms with Gasteiger partial charge in [0.2, 0.25) is 0 Å². The third kappa shape index (κ3) is 7.45. The number of carbonyl (C=O) groups excluding carboxylic acids is 1. The number of hydrogen-bond donors (Lipinski definition) is 3. The van der Waals surface area contributed by atoms with E-state index in [1.54, 1.807) is 32.4 Å². The Hall–Kier alpha value is -3.27. The molecular weight excluding hydrogens is 484 g/mol. The number of ether oxygens (including phenoxy) is 2. The van der Waals surface area contributed by atoms with Crippen molar-refractivity contribution in [2.45, 2.75) is 18.9 Å².